The quantitative estimate of drug-likeness (QED) is 0.628. The van der Waals surface area contributed by atoms with Gasteiger partial charge in [-0.05, 0) is 57.9 Å². The third-order valence-corrected chi connectivity index (χ3v) is 6.30. The van der Waals surface area contributed by atoms with Crippen molar-refractivity contribution >= 4 is 11.6 Å². The molecule has 0 unspecified atom stereocenters. The molecule has 0 saturated carbocycles. The molecule has 0 amide bonds. The van der Waals surface area contributed by atoms with Crippen LogP contribution in [0.2, 0.25) is 0 Å². The summed E-state index contributed by atoms with van der Waals surface area (Å²) >= 11 is 0. The van der Waals surface area contributed by atoms with Gasteiger partial charge in [0.15, 0.2) is 11.6 Å². The van der Waals surface area contributed by atoms with Gasteiger partial charge in [-0.3, -0.25) is 9.59 Å². The maximum atomic E-state index is 13.3. The predicted molar refractivity (Wildman–Crippen MR) is 98.2 cm³/mol. The average Bonchev–Trinajstić information content (AvgIpc) is 2.73. The van der Waals surface area contributed by atoms with Crippen LogP contribution in [-0.4, -0.2) is 21.8 Å². The summed E-state index contributed by atoms with van der Waals surface area (Å²) in [7, 11) is 0. The van der Waals surface area contributed by atoms with E-state index in [9.17, 15) is 19.8 Å². The van der Waals surface area contributed by atoms with Gasteiger partial charge < -0.3 is 10.2 Å². The Hall–Kier alpha value is -2.62. The molecule has 0 aromatic heterocycles. The minimum Gasteiger partial charge on any atom is -0.508 e. The molecular formula is C22H22O4. The van der Waals surface area contributed by atoms with Gasteiger partial charge >= 0.3 is 0 Å². The maximum absolute atomic E-state index is 13.3. The van der Waals surface area contributed by atoms with Gasteiger partial charge in [0.25, 0.3) is 0 Å². The third kappa shape index (κ3) is 1.74. The Labute approximate surface area is 152 Å². The highest BCUT2D eigenvalue weighted by Crippen LogP contribution is 2.71. The summed E-state index contributed by atoms with van der Waals surface area (Å²) in [5, 5.41) is 21.3. The van der Waals surface area contributed by atoms with Gasteiger partial charge in [0.1, 0.15) is 11.5 Å². The van der Waals surface area contributed by atoms with E-state index < -0.39 is 16.7 Å². The number of hydrogen-bond acceptors (Lipinski definition) is 4. The molecule has 134 valence electrons. The monoisotopic (exact) mass is 350 g/mol. The number of phenolic OH excluding ortho intramolecular Hbond substituents is 2. The van der Waals surface area contributed by atoms with Crippen molar-refractivity contribution in [2.75, 3.05) is 0 Å². The van der Waals surface area contributed by atoms with Crippen molar-refractivity contribution in [2.24, 2.45) is 5.41 Å². The Morgan fingerprint density at radius 1 is 1.15 bits per heavy atom. The fourth-order valence-corrected chi connectivity index (χ4v) is 5.33. The molecule has 4 nitrogen and oxygen atoms in total. The van der Waals surface area contributed by atoms with Gasteiger partial charge in [-0.1, -0.05) is 23.3 Å². The highest BCUT2D eigenvalue weighted by molar-refractivity contribution is 6.17. The Bertz CT molecular complexity index is 945. The van der Waals surface area contributed by atoms with Crippen LogP contribution in [-0.2, 0) is 15.0 Å². The molecule has 0 spiro atoms. The van der Waals surface area contributed by atoms with Crippen molar-refractivity contribution in [3.05, 3.63) is 58.7 Å². The maximum Gasteiger partial charge on any atom is 0.167 e. The Kier molecular flexibility index (Phi) is 3.36. The minimum atomic E-state index is -1.16. The highest BCUT2D eigenvalue weighted by atomic mass is 16.3. The molecule has 1 aromatic rings. The van der Waals surface area contributed by atoms with E-state index in [1.54, 1.807) is 0 Å². The Morgan fingerprint density at radius 2 is 1.81 bits per heavy atom. The third-order valence-electron chi connectivity index (χ3n) is 6.30. The summed E-state index contributed by atoms with van der Waals surface area (Å²) in [5.41, 5.74) is 0.817. The molecule has 3 aliphatic carbocycles. The van der Waals surface area contributed by atoms with Crippen LogP contribution < -0.4 is 0 Å². The van der Waals surface area contributed by atoms with Crippen molar-refractivity contribution in [1.29, 1.82) is 0 Å². The minimum absolute atomic E-state index is 0.0265. The van der Waals surface area contributed by atoms with Crippen LogP contribution in [0, 0.1) is 5.41 Å². The first-order chi connectivity index (χ1) is 12.3. The topological polar surface area (TPSA) is 74.6 Å². The molecule has 0 heterocycles. The molecule has 0 radical (unpaired) electrons. The lowest BCUT2D eigenvalue weighted by Crippen LogP contribution is -2.57. The first-order valence-electron chi connectivity index (χ1n) is 8.88. The second-order valence-corrected chi connectivity index (χ2v) is 7.98. The normalized spacial score (nSPS) is 31.3. The second kappa shape index (κ2) is 5.19. The summed E-state index contributed by atoms with van der Waals surface area (Å²) in [6.45, 7) is 5.86. The van der Waals surface area contributed by atoms with Gasteiger partial charge in [-0.25, -0.2) is 0 Å². The zero-order valence-electron chi connectivity index (χ0n) is 15.2. The molecule has 3 atom stereocenters. The van der Waals surface area contributed by atoms with E-state index in [2.05, 4.69) is 0 Å². The molecule has 1 aromatic carbocycles. The molecule has 0 fully saturated rings. The smallest absolute Gasteiger partial charge is 0.167 e. The fraction of sp³-hybridized carbons (Fsp3) is 0.364. The van der Waals surface area contributed by atoms with Gasteiger partial charge in [-0.15, -0.1) is 0 Å². The SMILES string of the molecule is CC(C)=CC[C@@]12C(=O)C=CC(=O)[C@@]13CC(C)=C[C@@H]2c1c(O)ccc(O)c13. The van der Waals surface area contributed by atoms with Gasteiger partial charge in [-0.2, -0.15) is 0 Å². The molecule has 0 saturated heterocycles. The van der Waals surface area contributed by atoms with Crippen LogP contribution >= 0.6 is 0 Å². The van der Waals surface area contributed by atoms with Crippen molar-refractivity contribution in [3.8, 4) is 11.5 Å². The fourth-order valence-electron chi connectivity index (χ4n) is 5.33. The molecule has 4 rings (SSSR count). The van der Waals surface area contributed by atoms with Crippen LogP contribution in [0.5, 0.6) is 11.5 Å². The number of fused-ring (bicyclic) bond motifs is 2. The first kappa shape index (κ1) is 16.8. The highest BCUT2D eigenvalue weighted by Gasteiger charge is 2.71. The van der Waals surface area contributed by atoms with E-state index in [0.29, 0.717) is 24.0 Å². The number of allylic oxidation sites excluding steroid dienone is 6. The number of aromatic hydroxyl groups is 2. The average molecular weight is 350 g/mol. The van der Waals surface area contributed by atoms with Crippen LogP contribution in [0.3, 0.4) is 0 Å². The van der Waals surface area contributed by atoms with E-state index in [0.717, 1.165) is 11.1 Å². The molecular weight excluding hydrogens is 328 g/mol. The second-order valence-electron chi connectivity index (χ2n) is 7.98. The number of hydrogen-bond donors (Lipinski definition) is 2. The van der Waals surface area contributed by atoms with Crippen LogP contribution in [0.25, 0.3) is 0 Å². The Morgan fingerprint density at radius 3 is 2.50 bits per heavy atom. The molecule has 0 aliphatic heterocycles. The van der Waals surface area contributed by atoms with Gasteiger partial charge in [0, 0.05) is 17.0 Å². The van der Waals surface area contributed by atoms with E-state index >= 15 is 0 Å². The van der Waals surface area contributed by atoms with Crippen LogP contribution in [0.1, 0.15) is 50.7 Å². The molecule has 2 N–H and O–H groups in total. The number of benzene rings is 1. The van der Waals surface area contributed by atoms with E-state index in [1.165, 1.54) is 24.3 Å². The number of phenols is 2. The van der Waals surface area contributed by atoms with Gasteiger partial charge in [0.2, 0.25) is 0 Å². The Balaban J connectivity index is 2.15. The largest absolute Gasteiger partial charge is 0.508 e. The summed E-state index contributed by atoms with van der Waals surface area (Å²) in [4.78, 5) is 26.6. The summed E-state index contributed by atoms with van der Waals surface area (Å²) < 4.78 is 0. The van der Waals surface area contributed by atoms with Crippen molar-refractivity contribution in [3.63, 3.8) is 0 Å². The zero-order valence-corrected chi connectivity index (χ0v) is 15.2. The van der Waals surface area contributed by atoms with Crippen molar-refractivity contribution in [1.82, 2.24) is 0 Å². The summed E-state index contributed by atoms with van der Waals surface area (Å²) in [6, 6.07) is 2.86. The van der Waals surface area contributed by atoms with Crippen molar-refractivity contribution < 1.29 is 19.8 Å². The number of rotatable bonds is 2. The predicted octanol–water partition coefficient (Wildman–Crippen LogP) is 3.83. The van der Waals surface area contributed by atoms with Crippen LogP contribution in [0.4, 0.5) is 0 Å². The molecule has 3 aliphatic rings. The lowest BCUT2D eigenvalue weighted by atomic mass is 9.49. The zero-order chi connectivity index (χ0) is 18.9. The van der Waals surface area contributed by atoms with E-state index in [-0.39, 0.29) is 23.1 Å². The van der Waals surface area contributed by atoms with Gasteiger partial charge in [0.05, 0.1) is 10.8 Å². The standard InChI is InChI=1S/C22H22O4/c1-12(2)8-9-21-14-10-13(3)11-22(21,18(26)7-6-17(21)25)20-16(24)5-4-15(23)19(14)20/h4-8,10,14,23-24H,9,11H2,1-3H3/t14-,21-,22-/m1/s1. The number of ketones is 2. The number of carbonyl (C=O) groups excluding carboxylic acids is 2. The lowest BCUT2D eigenvalue weighted by molar-refractivity contribution is -0.139. The van der Waals surface area contributed by atoms with E-state index in [4.69, 9.17) is 0 Å². The molecule has 2 bridgehead atoms. The van der Waals surface area contributed by atoms with Crippen LogP contribution in [0.15, 0.2) is 47.6 Å². The van der Waals surface area contributed by atoms with Crippen molar-refractivity contribution in [2.45, 2.75) is 44.9 Å². The summed E-state index contributed by atoms with van der Waals surface area (Å²) in [6.07, 6.45) is 7.47. The summed E-state index contributed by atoms with van der Waals surface area (Å²) in [5.74, 6) is -0.716. The van der Waals surface area contributed by atoms with E-state index in [1.807, 2.05) is 32.9 Å². The first-order valence-corrected chi connectivity index (χ1v) is 8.88. The molecule has 4 heteroatoms. The molecule has 26 heavy (non-hydrogen) atoms. The lowest BCUT2D eigenvalue weighted by Gasteiger charge is -2.50. The number of carbonyl (C=O) groups is 2.